The number of benzene rings is 2. The molecule has 2 rings (SSSR count). The molecule has 2 aromatic rings. The van der Waals surface area contributed by atoms with Crippen LogP contribution in [0.25, 0.3) is 0 Å². The molecule has 0 aliphatic rings. The van der Waals surface area contributed by atoms with Gasteiger partial charge in [-0.2, -0.15) is 0 Å². The number of hydrogen-bond acceptors (Lipinski definition) is 4. The zero-order chi connectivity index (χ0) is 41.8. The quantitative estimate of drug-likeness (QED) is 0.215. The average molecular weight is 737 g/mol. The molecule has 0 bridgehead atoms. The third-order valence-corrected chi connectivity index (χ3v) is 11.0. The van der Waals surface area contributed by atoms with Crippen LogP contribution >= 0.6 is 0 Å². The molecule has 0 saturated carbocycles. The Morgan fingerprint density at radius 2 is 0.698 bits per heavy atom. The van der Waals surface area contributed by atoms with E-state index in [1.807, 2.05) is 0 Å². The minimum atomic E-state index is -1.38. The molecular formula is C49H84O4. The largest absolute Gasteiger partial charge is 0.484 e. The van der Waals surface area contributed by atoms with Gasteiger partial charge in [-0.05, 0) is 78.4 Å². The van der Waals surface area contributed by atoms with E-state index >= 15 is 0 Å². The second kappa shape index (κ2) is 15.2. The molecule has 0 aromatic heterocycles. The maximum atomic E-state index is 11.3. The van der Waals surface area contributed by atoms with Crippen molar-refractivity contribution in [1.29, 1.82) is 0 Å². The van der Waals surface area contributed by atoms with Crippen molar-refractivity contribution in [2.24, 2.45) is 16.2 Å². The number of hydrogen-bond donors (Lipinski definition) is 3. The van der Waals surface area contributed by atoms with Gasteiger partial charge in [0.15, 0.2) is 0 Å². The van der Waals surface area contributed by atoms with Crippen molar-refractivity contribution in [2.75, 3.05) is 19.8 Å². The van der Waals surface area contributed by atoms with E-state index in [1.165, 1.54) is 11.1 Å². The number of ether oxygens (including phenoxy) is 1. The summed E-state index contributed by atoms with van der Waals surface area (Å²) in [6.07, 6.45) is 1.16. The van der Waals surface area contributed by atoms with Gasteiger partial charge in [0.25, 0.3) is 0 Å². The smallest absolute Gasteiger partial charge is 0.137 e. The van der Waals surface area contributed by atoms with Crippen molar-refractivity contribution in [3.05, 3.63) is 63.2 Å². The van der Waals surface area contributed by atoms with E-state index in [4.69, 9.17) is 4.74 Å². The lowest BCUT2D eigenvalue weighted by molar-refractivity contribution is -0.0761. The third kappa shape index (κ3) is 11.3. The Kier molecular flexibility index (Phi) is 13.6. The van der Waals surface area contributed by atoms with Crippen molar-refractivity contribution in [3.8, 4) is 5.75 Å². The summed E-state index contributed by atoms with van der Waals surface area (Å²) in [5, 5.41) is 33.9. The van der Waals surface area contributed by atoms with E-state index in [-0.39, 0.29) is 43.3 Å². The Hall–Kier alpha value is -1.88. The van der Waals surface area contributed by atoms with Crippen LogP contribution in [0.3, 0.4) is 0 Å². The molecule has 0 spiro atoms. The van der Waals surface area contributed by atoms with Crippen LogP contribution in [0.5, 0.6) is 5.75 Å². The van der Waals surface area contributed by atoms with E-state index < -0.39 is 31.3 Å². The molecule has 0 fully saturated rings. The van der Waals surface area contributed by atoms with Gasteiger partial charge in [-0.15, -0.1) is 0 Å². The van der Waals surface area contributed by atoms with Gasteiger partial charge in [-0.3, -0.25) is 0 Å². The lowest BCUT2D eigenvalue weighted by atomic mass is 9.65. The first-order chi connectivity index (χ1) is 23.4. The average Bonchev–Trinajstić information content (AvgIpc) is 2.92. The molecule has 1 unspecified atom stereocenters. The highest BCUT2D eigenvalue weighted by molar-refractivity contribution is 5.55. The fourth-order valence-electron chi connectivity index (χ4n) is 8.69. The maximum absolute atomic E-state index is 11.3. The molecule has 0 radical (unpaired) electrons. The van der Waals surface area contributed by atoms with Gasteiger partial charge in [-0.25, -0.2) is 0 Å². The van der Waals surface area contributed by atoms with Gasteiger partial charge < -0.3 is 20.1 Å². The van der Waals surface area contributed by atoms with Gasteiger partial charge in [0.2, 0.25) is 0 Å². The van der Waals surface area contributed by atoms with E-state index in [0.29, 0.717) is 0 Å². The van der Waals surface area contributed by atoms with E-state index in [1.54, 1.807) is 0 Å². The molecule has 0 saturated heterocycles. The lowest BCUT2D eigenvalue weighted by Gasteiger charge is -2.45. The van der Waals surface area contributed by atoms with Crippen LogP contribution < -0.4 is 4.74 Å². The van der Waals surface area contributed by atoms with Crippen LogP contribution in [0, 0.1) is 16.2 Å². The Labute approximate surface area is 327 Å². The first-order valence-corrected chi connectivity index (χ1v) is 20.3. The van der Waals surface area contributed by atoms with Crippen molar-refractivity contribution < 1.29 is 20.1 Å². The first-order valence-electron chi connectivity index (χ1n) is 20.3. The van der Waals surface area contributed by atoms with E-state index in [2.05, 4.69) is 177 Å². The summed E-state index contributed by atoms with van der Waals surface area (Å²) in [6, 6.07) is 9.41. The molecule has 0 aliphatic heterocycles. The van der Waals surface area contributed by atoms with Gasteiger partial charge in [-0.1, -0.05) is 177 Å². The van der Waals surface area contributed by atoms with Crippen LogP contribution in [-0.2, 0) is 32.5 Å². The van der Waals surface area contributed by atoms with Gasteiger partial charge in [0.1, 0.15) is 11.9 Å². The SMILES string of the molecule is CC(C)(C)CC(C)(C)c1cc(C(C)(C)C)c(OC(c2c(C(C)(C)C)cc(C(C)(C)CC(C)(C)C)cc2C(C)(C)C)C(CO)(CO)CO)c(C(C)(C)C)c1. The summed E-state index contributed by atoms with van der Waals surface area (Å²) >= 11 is 0. The van der Waals surface area contributed by atoms with Crippen molar-refractivity contribution in [3.63, 3.8) is 0 Å². The fraction of sp³-hybridized carbons (Fsp3) is 0.755. The van der Waals surface area contributed by atoms with E-state index in [9.17, 15) is 15.3 Å². The summed E-state index contributed by atoms with van der Waals surface area (Å²) in [7, 11) is 0. The summed E-state index contributed by atoms with van der Waals surface area (Å²) in [6.45, 7) is 48.7. The molecule has 304 valence electrons. The predicted molar refractivity (Wildman–Crippen MR) is 229 cm³/mol. The summed E-state index contributed by atoms with van der Waals surface area (Å²) in [5.41, 5.74) is 5.33. The highest BCUT2D eigenvalue weighted by atomic mass is 16.5. The fourth-order valence-corrected chi connectivity index (χ4v) is 8.69. The normalized spacial score (nSPS) is 15.2. The zero-order valence-corrected chi connectivity index (χ0v) is 38.7. The molecule has 3 N–H and O–H groups in total. The third-order valence-electron chi connectivity index (χ3n) is 11.0. The van der Waals surface area contributed by atoms with Crippen LogP contribution in [0.4, 0.5) is 0 Å². The topological polar surface area (TPSA) is 69.9 Å². The maximum Gasteiger partial charge on any atom is 0.137 e. The van der Waals surface area contributed by atoms with Crippen LogP contribution in [-0.4, -0.2) is 35.1 Å². The minimum absolute atomic E-state index is 0.101. The minimum Gasteiger partial charge on any atom is -0.484 e. The van der Waals surface area contributed by atoms with Gasteiger partial charge >= 0.3 is 0 Å². The van der Waals surface area contributed by atoms with E-state index in [0.717, 1.165) is 46.4 Å². The highest BCUT2D eigenvalue weighted by Crippen LogP contribution is 2.52. The van der Waals surface area contributed by atoms with Crippen molar-refractivity contribution in [2.45, 2.75) is 204 Å². The van der Waals surface area contributed by atoms with Crippen LogP contribution in [0.15, 0.2) is 24.3 Å². The second-order valence-corrected chi connectivity index (χ2v) is 24.5. The second-order valence-electron chi connectivity index (χ2n) is 24.5. The lowest BCUT2D eigenvalue weighted by Crippen LogP contribution is -2.45. The zero-order valence-electron chi connectivity index (χ0n) is 38.7. The molecule has 53 heavy (non-hydrogen) atoms. The van der Waals surface area contributed by atoms with Crippen LogP contribution in [0.2, 0.25) is 0 Å². The Morgan fingerprint density at radius 1 is 0.434 bits per heavy atom. The van der Waals surface area contributed by atoms with Crippen LogP contribution in [0.1, 0.15) is 210 Å². The number of rotatable bonds is 11. The Bertz CT molecular complexity index is 1460. The molecule has 1 atom stereocenters. The van der Waals surface area contributed by atoms with Crippen molar-refractivity contribution in [1.82, 2.24) is 0 Å². The summed E-state index contributed by atoms with van der Waals surface area (Å²) < 4.78 is 7.62. The highest BCUT2D eigenvalue weighted by Gasteiger charge is 2.47. The number of aliphatic hydroxyl groups is 3. The first kappa shape index (κ1) is 47.3. The number of aliphatic hydroxyl groups excluding tert-OH is 3. The molecule has 4 nitrogen and oxygen atoms in total. The monoisotopic (exact) mass is 737 g/mol. The van der Waals surface area contributed by atoms with Gasteiger partial charge in [0, 0.05) is 16.7 Å². The summed E-state index contributed by atoms with van der Waals surface area (Å²) in [4.78, 5) is 0. The Balaban J connectivity index is 3.35. The Morgan fingerprint density at radius 3 is 0.925 bits per heavy atom. The summed E-state index contributed by atoms with van der Waals surface area (Å²) in [5.74, 6) is 0.780. The molecule has 4 heteroatoms. The molecule has 0 heterocycles. The molecule has 0 amide bonds. The molecular weight excluding hydrogens is 653 g/mol. The van der Waals surface area contributed by atoms with Crippen molar-refractivity contribution >= 4 is 0 Å². The molecule has 0 aliphatic carbocycles. The van der Waals surface area contributed by atoms with Gasteiger partial charge in [0.05, 0.1) is 25.2 Å². The predicted octanol–water partition coefficient (Wildman–Crippen LogP) is 12.4. The standard InChI is InChI=1S/C49H84O4/c1-41(2,3)27-47(19,20)32-23-34(43(7,8)9)38(35(24-32)44(10,11)12)40(49(29-50,30-51)31-52)53-39-36(45(13,14)15)25-33(26-37(39)46(16,17)18)48(21,22)28-42(4,5)6/h23-26,40,50-52H,27-31H2,1-22H3. The molecule has 2 aromatic carbocycles.